The van der Waals surface area contributed by atoms with Gasteiger partial charge in [0.15, 0.2) is 6.61 Å². The number of ether oxygens (including phenoxy) is 1. The molecule has 0 aliphatic heterocycles. The Morgan fingerprint density at radius 3 is 2.50 bits per heavy atom. The minimum Gasteiger partial charge on any atom is -0.484 e. The van der Waals surface area contributed by atoms with Gasteiger partial charge < -0.3 is 15.0 Å². The van der Waals surface area contributed by atoms with E-state index >= 15 is 0 Å². The lowest BCUT2D eigenvalue weighted by atomic mass is 10.1. The minimum absolute atomic E-state index is 0.0725. The van der Waals surface area contributed by atoms with Crippen LogP contribution in [0.25, 0.3) is 0 Å². The van der Waals surface area contributed by atoms with E-state index in [1.165, 1.54) is 11.0 Å². The van der Waals surface area contributed by atoms with E-state index in [0.29, 0.717) is 15.8 Å². The molecule has 0 fully saturated rings. The second kappa shape index (κ2) is 8.92. The first-order valence-corrected chi connectivity index (χ1v) is 8.71. The molecule has 2 aromatic carbocycles. The summed E-state index contributed by atoms with van der Waals surface area (Å²) in [5.41, 5.74) is 2.74. The summed E-state index contributed by atoms with van der Waals surface area (Å²) in [5, 5.41) is 3.57. The monoisotopic (exact) mass is 394 g/mol. The Morgan fingerprint density at radius 1 is 1.08 bits per heavy atom. The summed E-state index contributed by atoms with van der Waals surface area (Å²) < 4.78 is 5.39. The molecule has 0 saturated heterocycles. The van der Waals surface area contributed by atoms with E-state index in [9.17, 15) is 9.59 Å². The van der Waals surface area contributed by atoms with Crippen molar-refractivity contribution in [1.29, 1.82) is 0 Å². The number of nitrogens with one attached hydrogen (secondary N) is 1. The van der Waals surface area contributed by atoms with E-state index in [-0.39, 0.29) is 25.0 Å². The maximum Gasteiger partial charge on any atom is 0.260 e. The smallest absolute Gasteiger partial charge is 0.260 e. The highest BCUT2D eigenvalue weighted by Crippen LogP contribution is 2.26. The van der Waals surface area contributed by atoms with Gasteiger partial charge >= 0.3 is 0 Å². The maximum atomic E-state index is 12.2. The van der Waals surface area contributed by atoms with Crippen LogP contribution in [0.1, 0.15) is 11.1 Å². The SMILES string of the molecule is Cc1ccc(C)c(NC(=O)CN(C)C(=O)COc2ccc(Cl)c(Cl)c2)c1. The first kappa shape index (κ1) is 20.1. The molecule has 2 rings (SSSR count). The quantitative estimate of drug-likeness (QED) is 0.802. The van der Waals surface area contributed by atoms with Crippen molar-refractivity contribution >= 4 is 40.7 Å². The molecule has 2 amide bonds. The molecule has 0 unspecified atom stereocenters. The van der Waals surface area contributed by atoms with E-state index in [0.717, 1.165) is 16.8 Å². The second-order valence-electron chi connectivity index (χ2n) is 5.98. The lowest BCUT2D eigenvalue weighted by molar-refractivity contribution is -0.135. The fourth-order valence-corrected chi connectivity index (χ4v) is 2.47. The fraction of sp³-hybridized carbons (Fsp3) is 0.263. The molecule has 0 atom stereocenters. The number of hydrogen-bond acceptors (Lipinski definition) is 3. The minimum atomic E-state index is -0.327. The molecular formula is C19H20Cl2N2O3. The molecule has 5 nitrogen and oxygen atoms in total. The van der Waals surface area contributed by atoms with Crippen LogP contribution in [-0.2, 0) is 9.59 Å². The van der Waals surface area contributed by atoms with Crippen LogP contribution in [0.4, 0.5) is 5.69 Å². The van der Waals surface area contributed by atoms with Gasteiger partial charge in [-0.2, -0.15) is 0 Å². The number of aryl methyl sites for hydroxylation is 2. The normalized spacial score (nSPS) is 10.3. The number of benzene rings is 2. The van der Waals surface area contributed by atoms with E-state index in [2.05, 4.69) is 5.32 Å². The zero-order valence-corrected chi connectivity index (χ0v) is 16.3. The molecule has 0 aliphatic rings. The van der Waals surface area contributed by atoms with Gasteiger partial charge in [-0.1, -0.05) is 35.3 Å². The third-order valence-corrected chi connectivity index (χ3v) is 4.47. The molecule has 0 saturated carbocycles. The van der Waals surface area contributed by atoms with Crippen LogP contribution in [0.15, 0.2) is 36.4 Å². The Hall–Kier alpha value is -2.24. The Morgan fingerprint density at radius 2 is 1.81 bits per heavy atom. The number of hydrogen-bond donors (Lipinski definition) is 1. The number of carbonyl (C=O) groups is 2. The van der Waals surface area contributed by atoms with Crippen LogP contribution >= 0.6 is 23.2 Å². The molecular weight excluding hydrogens is 375 g/mol. The van der Waals surface area contributed by atoms with Gasteiger partial charge in [-0.15, -0.1) is 0 Å². The number of carbonyl (C=O) groups excluding carboxylic acids is 2. The van der Waals surface area contributed by atoms with Gasteiger partial charge in [-0.25, -0.2) is 0 Å². The zero-order chi connectivity index (χ0) is 19.3. The molecule has 0 radical (unpaired) electrons. The summed E-state index contributed by atoms with van der Waals surface area (Å²) in [6.45, 7) is 3.59. The van der Waals surface area contributed by atoms with Gasteiger partial charge in [0.25, 0.3) is 5.91 Å². The van der Waals surface area contributed by atoms with Gasteiger partial charge in [0.05, 0.1) is 16.6 Å². The van der Waals surface area contributed by atoms with Crippen molar-refractivity contribution in [3.05, 3.63) is 57.6 Å². The van der Waals surface area contributed by atoms with Crippen molar-refractivity contribution in [2.24, 2.45) is 0 Å². The van der Waals surface area contributed by atoms with E-state index in [1.807, 2.05) is 32.0 Å². The molecule has 0 heterocycles. The van der Waals surface area contributed by atoms with Crippen LogP contribution < -0.4 is 10.1 Å². The first-order chi connectivity index (χ1) is 12.3. The number of nitrogens with zero attached hydrogens (tertiary/aromatic N) is 1. The topological polar surface area (TPSA) is 58.6 Å². The number of anilines is 1. The predicted octanol–water partition coefficient (Wildman–Crippen LogP) is 4.09. The molecule has 2 aromatic rings. The first-order valence-electron chi connectivity index (χ1n) is 7.95. The van der Waals surface area contributed by atoms with Gasteiger partial charge in [0, 0.05) is 18.8 Å². The Kier molecular flexibility index (Phi) is 6.89. The summed E-state index contributed by atoms with van der Waals surface area (Å²) in [4.78, 5) is 25.6. The summed E-state index contributed by atoms with van der Waals surface area (Å²) in [7, 11) is 1.54. The van der Waals surface area contributed by atoms with Crippen molar-refractivity contribution in [3.63, 3.8) is 0 Å². The molecule has 7 heteroatoms. The zero-order valence-electron chi connectivity index (χ0n) is 14.8. The number of rotatable bonds is 6. The predicted molar refractivity (Wildman–Crippen MR) is 104 cm³/mol. The van der Waals surface area contributed by atoms with E-state index in [1.54, 1.807) is 19.2 Å². The van der Waals surface area contributed by atoms with Crippen LogP contribution in [0.3, 0.4) is 0 Å². The van der Waals surface area contributed by atoms with Crippen molar-refractivity contribution in [2.75, 3.05) is 25.5 Å². The third-order valence-electron chi connectivity index (χ3n) is 3.73. The molecule has 0 aromatic heterocycles. The molecule has 1 N–H and O–H groups in total. The Labute approximate surface area is 162 Å². The molecule has 0 bridgehead atoms. The second-order valence-corrected chi connectivity index (χ2v) is 6.80. The van der Waals surface area contributed by atoms with Crippen molar-refractivity contribution in [1.82, 2.24) is 4.90 Å². The highest BCUT2D eigenvalue weighted by Gasteiger charge is 2.15. The molecule has 0 aliphatic carbocycles. The molecule has 0 spiro atoms. The lowest BCUT2D eigenvalue weighted by Crippen LogP contribution is -2.37. The molecule has 138 valence electrons. The van der Waals surface area contributed by atoms with E-state index < -0.39 is 0 Å². The molecule has 26 heavy (non-hydrogen) atoms. The Bertz CT molecular complexity index is 824. The standard InChI is InChI=1S/C19H20Cl2N2O3/c1-12-4-5-13(2)17(8-12)22-18(24)10-23(3)19(25)11-26-14-6-7-15(20)16(21)9-14/h4-9H,10-11H2,1-3H3,(H,22,24). The van der Waals surface area contributed by atoms with Gasteiger partial charge in [0.2, 0.25) is 5.91 Å². The highest BCUT2D eigenvalue weighted by atomic mass is 35.5. The fourth-order valence-electron chi connectivity index (χ4n) is 2.19. The van der Waals surface area contributed by atoms with Crippen LogP contribution in [0.5, 0.6) is 5.75 Å². The van der Waals surface area contributed by atoms with Crippen LogP contribution in [0.2, 0.25) is 10.0 Å². The average Bonchev–Trinajstić information content (AvgIpc) is 2.58. The maximum absolute atomic E-state index is 12.2. The number of amides is 2. The summed E-state index contributed by atoms with van der Waals surface area (Å²) in [6, 6.07) is 10.5. The van der Waals surface area contributed by atoms with E-state index in [4.69, 9.17) is 27.9 Å². The average molecular weight is 395 g/mol. The van der Waals surface area contributed by atoms with Crippen molar-refractivity contribution < 1.29 is 14.3 Å². The summed E-state index contributed by atoms with van der Waals surface area (Å²) in [6.07, 6.45) is 0. The van der Waals surface area contributed by atoms with Crippen molar-refractivity contribution in [2.45, 2.75) is 13.8 Å². The van der Waals surface area contributed by atoms with Crippen LogP contribution in [0, 0.1) is 13.8 Å². The largest absolute Gasteiger partial charge is 0.484 e. The lowest BCUT2D eigenvalue weighted by Gasteiger charge is -2.18. The van der Waals surface area contributed by atoms with Gasteiger partial charge in [0.1, 0.15) is 5.75 Å². The van der Waals surface area contributed by atoms with Gasteiger partial charge in [-0.3, -0.25) is 9.59 Å². The Balaban J connectivity index is 1.86. The highest BCUT2D eigenvalue weighted by molar-refractivity contribution is 6.42. The number of halogens is 2. The third kappa shape index (κ3) is 5.64. The number of likely N-dealkylation sites (N-methyl/N-ethyl adjacent to an activating group) is 1. The van der Waals surface area contributed by atoms with Crippen LogP contribution in [-0.4, -0.2) is 36.9 Å². The summed E-state index contributed by atoms with van der Waals surface area (Å²) in [5.74, 6) is -0.169. The van der Waals surface area contributed by atoms with Crippen molar-refractivity contribution in [3.8, 4) is 5.75 Å². The summed E-state index contributed by atoms with van der Waals surface area (Å²) >= 11 is 11.7. The van der Waals surface area contributed by atoms with Gasteiger partial charge in [-0.05, 0) is 43.2 Å².